The quantitative estimate of drug-likeness (QED) is 0.0274. The van der Waals surface area contributed by atoms with E-state index >= 15 is 0 Å². The maximum atomic E-state index is 14.4. The zero-order valence-electron chi connectivity index (χ0n) is 33.0. The fourth-order valence-corrected chi connectivity index (χ4v) is 8.56. The number of nitrogens with one attached hydrogen (secondary N) is 1. The van der Waals surface area contributed by atoms with Crippen LogP contribution in [0.4, 0.5) is 6.01 Å². The van der Waals surface area contributed by atoms with Gasteiger partial charge in [-0.3, -0.25) is 28.9 Å². The summed E-state index contributed by atoms with van der Waals surface area (Å²) in [5.41, 5.74) is 7.05. The second-order valence-electron chi connectivity index (χ2n) is 13.3. The van der Waals surface area contributed by atoms with Gasteiger partial charge in [0.2, 0.25) is 10.9 Å². The number of carbonyl (C=O) groups is 6. The predicted molar refractivity (Wildman–Crippen MR) is 219 cm³/mol. The maximum absolute atomic E-state index is 14.4. The number of esters is 3. The van der Waals surface area contributed by atoms with Crippen LogP contribution in [0.2, 0.25) is 0 Å². The van der Waals surface area contributed by atoms with Crippen LogP contribution >= 0.6 is 23.5 Å². The lowest BCUT2D eigenvalue weighted by molar-refractivity contribution is -0.154. The number of ether oxygens (including phenoxy) is 3. The average molecular weight is 882 g/mol. The first-order valence-corrected chi connectivity index (χ1v) is 20.5. The van der Waals surface area contributed by atoms with Crippen LogP contribution in [0.5, 0.6) is 11.5 Å². The van der Waals surface area contributed by atoms with Crippen LogP contribution in [-0.2, 0) is 40.6 Å². The number of rotatable bonds is 16. The summed E-state index contributed by atoms with van der Waals surface area (Å²) in [6, 6.07) is 20.7. The molecule has 62 heavy (non-hydrogen) atoms. The van der Waals surface area contributed by atoms with Gasteiger partial charge in [-0.1, -0.05) is 77.6 Å². The lowest BCUT2D eigenvalue weighted by atomic mass is 10.0. The summed E-state index contributed by atoms with van der Waals surface area (Å²) in [7, 11) is 1.68. The Bertz CT molecular complexity index is 2560. The van der Waals surface area contributed by atoms with E-state index < -0.39 is 65.3 Å². The molecule has 5 aromatic rings. The van der Waals surface area contributed by atoms with Crippen LogP contribution in [0.1, 0.15) is 47.1 Å². The molecule has 20 nitrogen and oxygen atoms in total. The van der Waals surface area contributed by atoms with Crippen molar-refractivity contribution >= 4 is 70.8 Å². The number of tetrazole rings is 1. The van der Waals surface area contributed by atoms with E-state index in [0.29, 0.717) is 21.9 Å². The number of nitrogens with zero attached hydrogens (tertiary/aromatic N) is 7. The molecule has 1 saturated heterocycles. The molecule has 3 aromatic carbocycles. The van der Waals surface area contributed by atoms with Crippen LogP contribution in [0.15, 0.2) is 111 Å². The van der Waals surface area contributed by atoms with Gasteiger partial charge in [0.05, 0.1) is 0 Å². The summed E-state index contributed by atoms with van der Waals surface area (Å²) >= 11 is 2.59. The van der Waals surface area contributed by atoms with Crippen LogP contribution in [0.3, 0.4) is 0 Å². The number of thioether (sulfide) groups is 2. The number of β-lactam (4-membered cyclic amide) rings is 1. The molecular weight excluding hydrogens is 847 g/mol. The summed E-state index contributed by atoms with van der Waals surface area (Å²) < 4.78 is 22.9. The zero-order valence-corrected chi connectivity index (χ0v) is 34.6. The van der Waals surface area contributed by atoms with Gasteiger partial charge >= 0.3 is 17.9 Å². The van der Waals surface area contributed by atoms with Gasteiger partial charge in [-0.15, -0.1) is 16.9 Å². The molecule has 2 atom stereocenters. The van der Waals surface area contributed by atoms with Crippen molar-refractivity contribution in [2.24, 2.45) is 12.2 Å². The number of carbonyl (C=O) groups excluding carboxylic acids is 6. The molecule has 2 aromatic heterocycles. The molecule has 0 bridgehead atoms. The first kappa shape index (κ1) is 42.8. The largest absolute Gasteiger partial charge is 0.448 e. The Labute approximate surface area is 360 Å². The Balaban J connectivity index is 1.11. The second-order valence-corrected chi connectivity index (χ2v) is 15.4. The molecule has 4 heterocycles. The topological polar surface area (TPSA) is 263 Å². The SMILES string of the molecule is CC(=O)Oc1ccc(C(=O)CON=C(C(=O)N[C@@H]2C(=O)N3C(C(=O)OC(c4ccccc4)c4ccccc4)=C(CSc4nnnn4C)CS[C@@H]23)c2coc(N)n2)cc1OC(C)=O. The zero-order chi connectivity index (χ0) is 43.9. The van der Waals surface area contributed by atoms with E-state index in [2.05, 4.69) is 31.0 Å². The Morgan fingerprint density at radius 2 is 1.66 bits per heavy atom. The van der Waals surface area contributed by atoms with Crippen LogP contribution in [0, 0.1) is 0 Å². The van der Waals surface area contributed by atoms with Crippen LogP contribution in [-0.4, -0.2) is 101 Å². The third kappa shape index (κ3) is 9.66. The van der Waals surface area contributed by atoms with Gasteiger partial charge in [-0.2, -0.15) is 4.98 Å². The minimum absolute atomic E-state index is 0.00854. The fourth-order valence-electron chi connectivity index (χ4n) is 6.23. The van der Waals surface area contributed by atoms with Crippen molar-refractivity contribution in [3.8, 4) is 11.5 Å². The second kappa shape index (κ2) is 18.9. The number of ketones is 1. The number of hydrogen-bond acceptors (Lipinski definition) is 19. The summed E-state index contributed by atoms with van der Waals surface area (Å²) in [6.07, 6.45) is 0.219. The molecule has 2 amide bonds. The van der Waals surface area contributed by atoms with E-state index in [1.807, 2.05) is 60.7 Å². The third-order valence-electron chi connectivity index (χ3n) is 9.02. The van der Waals surface area contributed by atoms with E-state index in [0.717, 1.165) is 20.1 Å². The molecule has 0 aliphatic carbocycles. The number of aromatic nitrogens is 5. The number of amides is 2. The fraction of sp³-hybridized carbons (Fsp3) is 0.225. The molecule has 7 rings (SSSR count). The Morgan fingerprint density at radius 3 is 2.27 bits per heavy atom. The predicted octanol–water partition coefficient (Wildman–Crippen LogP) is 3.01. The van der Waals surface area contributed by atoms with Crippen molar-refractivity contribution in [1.82, 2.24) is 35.4 Å². The highest BCUT2D eigenvalue weighted by Gasteiger charge is 2.55. The highest BCUT2D eigenvalue weighted by Crippen LogP contribution is 2.43. The smallest absolute Gasteiger partial charge is 0.356 e. The number of anilines is 1. The van der Waals surface area contributed by atoms with Gasteiger partial charge in [-0.05, 0) is 45.3 Å². The lowest BCUT2D eigenvalue weighted by Gasteiger charge is -2.49. The van der Waals surface area contributed by atoms with Gasteiger partial charge < -0.3 is 34.5 Å². The molecule has 0 unspecified atom stereocenters. The van der Waals surface area contributed by atoms with Crippen molar-refractivity contribution < 1.29 is 52.2 Å². The molecule has 0 saturated carbocycles. The number of aryl methyl sites for hydroxylation is 1. The number of nitrogens with two attached hydrogens (primary N) is 1. The summed E-state index contributed by atoms with van der Waals surface area (Å²) in [5, 5.41) is 17.8. The van der Waals surface area contributed by atoms with Crippen molar-refractivity contribution in [3.05, 3.63) is 119 Å². The summed E-state index contributed by atoms with van der Waals surface area (Å²) in [6.45, 7) is 1.56. The lowest BCUT2D eigenvalue weighted by Crippen LogP contribution is -2.71. The molecule has 1 fully saturated rings. The van der Waals surface area contributed by atoms with E-state index in [1.165, 1.54) is 51.3 Å². The van der Waals surface area contributed by atoms with Gasteiger partial charge in [0.15, 0.2) is 29.9 Å². The highest BCUT2D eigenvalue weighted by atomic mass is 32.2. The summed E-state index contributed by atoms with van der Waals surface area (Å²) in [4.78, 5) is 89.2. The molecule has 318 valence electrons. The van der Waals surface area contributed by atoms with Gasteiger partial charge in [0.1, 0.15) is 29.1 Å². The number of Topliss-reactive ketones (excluding diaryl/α,β-unsaturated/α-hetero) is 1. The molecule has 2 aliphatic heterocycles. The normalized spacial score (nSPS) is 16.0. The minimum atomic E-state index is -1.15. The minimum Gasteiger partial charge on any atom is -0.448 e. The number of hydrogen-bond donors (Lipinski definition) is 2. The van der Waals surface area contributed by atoms with Crippen LogP contribution in [0.25, 0.3) is 0 Å². The number of nitrogen functional groups attached to an aromatic ring is 1. The van der Waals surface area contributed by atoms with Crippen molar-refractivity contribution in [3.63, 3.8) is 0 Å². The number of fused-ring (bicyclic) bond motifs is 1. The molecule has 0 radical (unpaired) electrons. The van der Waals surface area contributed by atoms with E-state index in [1.54, 1.807) is 7.05 Å². The van der Waals surface area contributed by atoms with E-state index in [9.17, 15) is 28.8 Å². The first-order valence-electron chi connectivity index (χ1n) is 18.5. The number of oxime groups is 1. The van der Waals surface area contributed by atoms with E-state index in [4.69, 9.17) is 29.2 Å². The Kier molecular flexibility index (Phi) is 13.1. The van der Waals surface area contributed by atoms with Crippen molar-refractivity contribution in [2.75, 3.05) is 23.8 Å². The highest BCUT2D eigenvalue weighted by molar-refractivity contribution is 8.01. The molecule has 0 spiro atoms. The van der Waals surface area contributed by atoms with E-state index in [-0.39, 0.29) is 46.0 Å². The van der Waals surface area contributed by atoms with Crippen molar-refractivity contribution in [2.45, 2.75) is 36.5 Å². The molecular formula is C40H35N9O11S2. The third-order valence-corrected chi connectivity index (χ3v) is 11.5. The Hall–Kier alpha value is -7.33. The summed E-state index contributed by atoms with van der Waals surface area (Å²) in [5.74, 6) is -4.15. The molecule has 3 N–H and O–H groups in total. The monoisotopic (exact) mass is 881 g/mol. The average Bonchev–Trinajstić information content (AvgIpc) is 3.89. The van der Waals surface area contributed by atoms with Gasteiger partial charge in [-0.25, -0.2) is 9.48 Å². The van der Waals surface area contributed by atoms with Gasteiger partial charge in [0.25, 0.3) is 17.8 Å². The Morgan fingerprint density at radius 1 is 0.984 bits per heavy atom. The molecule has 22 heteroatoms. The number of oxazole rings is 1. The number of benzene rings is 3. The maximum Gasteiger partial charge on any atom is 0.356 e. The first-order chi connectivity index (χ1) is 29.9. The standard InChI is InChI=1S/C40H35N9O11S2/c1-21(50)58-29-15-14-25(16-30(29)59-22(2)51)28(52)18-57-45-31(27-17-56-39(41)42-27)35(53)43-32-36(54)49-33(26(19-61-37(32)49)20-62-40-44-46-47-48(40)3)38(55)60-34(23-10-6-4-7-11-23)24-12-8-5-9-13-24/h4-17,32,34,37H,18-20H2,1-3H3,(H2,41,42)(H,43,53)/t32-,37+/m1/s1. The van der Waals surface area contributed by atoms with Gasteiger partial charge in [0, 0.05) is 38.0 Å². The van der Waals surface area contributed by atoms with Crippen molar-refractivity contribution in [1.29, 1.82) is 0 Å². The van der Waals surface area contributed by atoms with Crippen LogP contribution < -0.4 is 20.5 Å². The molecule has 2 aliphatic rings.